The molecule has 5 rings (SSSR count). The van der Waals surface area contributed by atoms with Crippen LogP contribution in [0, 0.1) is 5.82 Å². The summed E-state index contributed by atoms with van der Waals surface area (Å²) in [4.78, 5) is 37.5. The largest absolute Gasteiger partial charge is 0.493 e. The van der Waals surface area contributed by atoms with Gasteiger partial charge in [0, 0.05) is 43.8 Å². The second-order valence-electron chi connectivity index (χ2n) is 9.30. The molecule has 40 heavy (non-hydrogen) atoms. The van der Waals surface area contributed by atoms with Crippen molar-refractivity contribution in [1.29, 1.82) is 0 Å². The lowest BCUT2D eigenvalue weighted by molar-refractivity contribution is -0.132. The molecular formula is C27H29FN6O5S. The fourth-order valence-corrected chi connectivity index (χ4v) is 4.98. The zero-order valence-electron chi connectivity index (χ0n) is 21.9. The van der Waals surface area contributed by atoms with Crippen LogP contribution in [-0.4, -0.2) is 82.1 Å². The van der Waals surface area contributed by atoms with Crippen LogP contribution in [0.5, 0.6) is 5.75 Å². The van der Waals surface area contributed by atoms with Gasteiger partial charge in [-0.25, -0.2) is 9.37 Å². The minimum Gasteiger partial charge on any atom is -0.493 e. The van der Waals surface area contributed by atoms with E-state index >= 15 is 0 Å². The molecule has 0 spiro atoms. The molecule has 1 aliphatic rings. The van der Waals surface area contributed by atoms with Gasteiger partial charge in [0.05, 0.1) is 18.4 Å². The van der Waals surface area contributed by atoms with Crippen LogP contribution in [0.1, 0.15) is 30.3 Å². The van der Waals surface area contributed by atoms with E-state index in [9.17, 15) is 14.0 Å². The summed E-state index contributed by atoms with van der Waals surface area (Å²) in [7, 11) is 0. The smallest absolute Gasteiger partial charge is 0.287 e. The van der Waals surface area contributed by atoms with Crippen LogP contribution in [0.15, 0.2) is 57.1 Å². The predicted octanol–water partition coefficient (Wildman–Crippen LogP) is 3.71. The molecule has 1 atom stereocenters. The third kappa shape index (κ3) is 6.72. The van der Waals surface area contributed by atoms with Crippen molar-refractivity contribution in [2.24, 2.45) is 0 Å². The first-order chi connectivity index (χ1) is 19.5. The molecule has 1 N–H and O–H groups in total. The van der Waals surface area contributed by atoms with E-state index in [-0.39, 0.29) is 28.9 Å². The number of nitrogens with one attached hydrogen (secondary N) is 1. The average molecular weight is 569 g/mol. The van der Waals surface area contributed by atoms with Crippen LogP contribution in [0.25, 0.3) is 22.3 Å². The molecule has 0 bridgehead atoms. The van der Waals surface area contributed by atoms with Crippen molar-refractivity contribution in [3.05, 3.63) is 59.7 Å². The van der Waals surface area contributed by atoms with Crippen molar-refractivity contribution in [3.8, 4) is 28.0 Å². The molecule has 2 amide bonds. The van der Waals surface area contributed by atoms with E-state index in [1.165, 1.54) is 23.7 Å². The summed E-state index contributed by atoms with van der Waals surface area (Å²) in [6.45, 7) is 5.67. The van der Waals surface area contributed by atoms with Gasteiger partial charge in [0.1, 0.15) is 17.6 Å². The van der Waals surface area contributed by atoms with Crippen LogP contribution in [0.3, 0.4) is 0 Å². The molecule has 1 aliphatic heterocycles. The number of amides is 2. The Labute approximate surface area is 233 Å². The van der Waals surface area contributed by atoms with Crippen molar-refractivity contribution in [1.82, 2.24) is 30.2 Å². The van der Waals surface area contributed by atoms with Crippen molar-refractivity contribution in [2.75, 3.05) is 39.3 Å². The van der Waals surface area contributed by atoms with Crippen molar-refractivity contribution < 1.29 is 27.7 Å². The number of carbonyl (C=O) groups is 2. The zero-order chi connectivity index (χ0) is 27.9. The second kappa shape index (κ2) is 12.8. The van der Waals surface area contributed by atoms with Gasteiger partial charge in [-0.3, -0.25) is 9.59 Å². The van der Waals surface area contributed by atoms with E-state index in [0.717, 1.165) is 32.5 Å². The Hall–Kier alpha value is -4.10. The summed E-state index contributed by atoms with van der Waals surface area (Å²) < 4.78 is 30.8. The van der Waals surface area contributed by atoms with Gasteiger partial charge in [0.25, 0.3) is 11.8 Å². The molecule has 0 saturated carbocycles. The number of hydrogen-bond acceptors (Lipinski definition) is 10. The van der Waals surface area contributed by atoms with Gasteiger partial charge in [-0.15, -0.1) is 11.3 Å². The highest BCUT2D eigenvalue weighted by atomic mass is 32.1. The SMILES string of the molecule is CC(NC(=O)c1ccco1)C(=O)N1CCCN(CCCOc2ccc(-c3noc(-c4nccs4)n3)c(F)c2)CC1. The molecule has 13 heteroatoms. The number of benzene rings is 1. The Kier molecular flexibility index (Phi) is 8.81. The Morgan fingerprint density at radius 3 is 2.90 bits per heavy atom. The van der Waals surface area contributed by atoms with Gasteiger partial charge in [0.2, 0.25) is 11.7 Å². The standard InChI is InChI=1S/C27H29FN6O5S/c1-18(30-24(35)22-5-2-14-38-22)27(36)34-11-3-9-33(12-13-34)10-4-15-37-19-6-7-20(21(28)17-19)23-31-25(39-32-23)26-29-8-16-40-26/h2,5-8,14,16-18H,3-4,9-13,15H2,1H3,(H,30,35). The Morgan fingerprint density at radius 1 is 1.23 bits per heavy atom. The number of halogens is 1. The van der Waals surface area contributed by atoms with Crippen LogP contribution in [0.2, 0.25) is 0 Å². The third-order valence-corrected chi connectivity index (χ3v) is 7.23. The number of carbonyl (C=O) groups excluding carboxylic acids is 2. The molecule has 0 radical (unpaired) electrons. The lowest BCUT2D eigenvalue weighted by Crippen LogP contribution is -2.48. The maximum atomic E-state index is 14.7. The van der Waals surface area contributed by atoms with E-state index in [1.807, 2.05) is 0 Å². The molecule has 4 aromatic rings. The molecule has 3 aromatic heterocycles. The average Bonchev–Trinajstić information content (AvgIpc) is 3.73. The van der Waals surface area contributed by atoms with E-state index in [4.69, 9.17) is 13.7 Å². The number of aromatic nitrogens is 3. The minimum absolute atomic E-state index is 0.115. The summed E-state index contributed by atoms with van der Waals surface area (Å²) in [6.07, 6.45) is 4.63. The molecule has 0 aliphatic carbocycles. The van der Waals surface area contributed by atoms with Crippen molar-refractivity contribution >= 4 is 23.2 Å². The van der Waals surface area contributed by atoms with Gasteiger partial charge < -0.3 is 28.8 Å². The number of thiazole rings is 1. The number of rotatable bonds is 10. The van der Waals surface area contributed by atoms with Gasteiger partial charge in [-0.2, -0.15) is 4.98 Å². The maximum absolute atomic E-state index is 14.7. The number of furan rings is 1. The zero-order valence-corrected chi connectivity index (χ0v) is 22.7. The summed E-state index contributed by atoms with van der Waals surface area (Å²) in [6, 6.07) is 7.10. The molecule has 1 fully saturated rings. The molecule has 1 aromatic carbocycles. The normalized spacial score (nSPS) is 15.0. The predicted molar refractivity (Wildman–Crippen MR) is 144 cm³/mol. The van der Waals surface area contributed by atoms with E-state index in [2.05, 4.69) is 25.3 Å². The van der Waals surface area contributed by atoms with Crippen LogP contribution in [0.4, 0.5) is 4.39 Å². The topological polar surface area (TPSA) is 127 Å². The minimum atomic E-state index is -0.649. The molecular weight excluding hydrogens is 539 g/mol. The summed E-state index contributed by atoms with van der Waals surface area (Å²) in [5, 5.41) is 8.93. The third-order valence-electron chi connectivity index (χ3n) is 6.47. The molecule has 11 nitrogen and oxygen atoms in total. The summed E-state index contributed by atoms with van der Waals surface area (Å²) in [5.41, 5.74) is 0.220. The number of hydrogen-bond donors (Lipinski definition) is 1. The quantitative estimate of drug-likeness (QED) is 0.285. The molecule has 4 heterocycles. The van der Waals surface area contributed by atoms with Crippen LogP contribution in [-0.2, 0) is 4.79 Å². The second-order valence-corrected chi connectivity index (χ2v) is 10.2. The van der Waals surface area contributed by atoms with Gasteiger partial charge in [0.15, 0.2) is 10.8 Å². The first-order valence-electron chi connectivity index (χ1n) is 13.0. The molecule has 210 valence electrons. The highest BCUT2D eigenvalue weighted by molar-refractivity contribution is 7.12. The van der Waals surface area contributed by atoms with Gasteiger partial charge in [-0.1, -0.05) is 5.16 Å². The Morgan fingerprint density at radius 2 is 2.12 bits per heavy atom. The molecule has 1 saturated heterocycles. The number of nitrogens with zero attached hydrogens (tertiary/aromatic N) is 5. The van der Waals surface area contributed by atoms with E-state index < -0.39 is 17.8 Å². The van der Waals surface area contributed by atoms with Crippen molar-refractivity contribution in [3.63, 3.8) is 0 Å². The van der Waals surface area contributed by atoms with E-state index in [0.29, 0.717) is 30.5 Å². The lowest BCUT2D eigenvalue weighted by Gasteiger charge is -2.25. The number of ether oxygens (including phenoxy) is 1. The maximum Gasteiger partial charge on any atom is 0.287 e. The lowest BCUT2D eigenvalue weighted by atomic mass is 10.2. The van der Waals surface area contributed by atoms with E-state index in [1.54, 1.807) is 47.7 Å². The first kappa shape index (κ1) is 27.5. The monoisotopic (exact) mass is 568 g/mol. The van der Waals surface area contributed by atoms with Gasteiger partial charge >= 0.3 is 0 Å². The highest BCUT2D eigenvalue weighted by Gasteiger charge is 2.25. The summed E-state index contributed by atoms with van der Waals surface area (Å²) in [5.74, 6) is -0.0349. The fraction of sp³-hybridized carbons (Fsp3) is 0.370. The Bertz CT molecular complexity index is 1410. The van der Waals surface area contributed by atoms with Crippen molar-refractivity contribution in [2.45, 2.75) is 25.8 Å². The first-order valence-corrected chi connectivity index (χ1v) is 13.9. The van der Waals surface area contributed by atoms with Crippen LogP contribution < -0.4 is 10.1 Å². The van der Waals surface area contributed by atoms with Gasteiger partial charge in [-0.05, 0) is 50.6 Å². The Balaban J connectivity index is 1.04. The fourth-order valence-electron chi connectivity index (χ4n) is 4.42. The highest BCUT2D eigenvalue weighted by Crippen LogP contribution is 2.27. The summed E-state index contributed by atoms with van der Waals surface area (Å²) >= 11 is 1.36. The van der Waals surface area contributed by atoms with Crippen LogP contribution >= 0.6 is 11.3 Å². The molecule has 1 unspecified atom stereocenters.